The lowest BCUT2D eigenvalue weighted by Crippen LogP contribution is -2.47. The molecule has 1 heterocycles. The molecule has 2 bridgehead atoms. The maximum absolute atomic E-state index is 13.0. The second kappa shape index (κ2) is 6.83. The Bertz CT molecular complexity index is 588. The molecule has 1 N–H and O–H groups in total. The lowest BCUT2D eigenvalue weighted by Gasteiger charge is -2.33. The van der Waals surface area contributed by atoms with Crippen molar-refractivity contribution in [3.05, 3.63) is 35.6 Å². The van der Waals surface area contributed by atoms with Crippen LogP contribution in [0.2, 0.25) is 0 Å². The molecule has 0 aromatic heterocycles. The van der Waals surface area contributed by atoms with Gasteiger partial charge in [-0.3, -0.25) is 9.69 Å². The van der Waals surface area contributed by atoms with Crippen molar-refractivity contribution in [3.63, 3.8) is 0 Å². The first-order valence-electron chi connectivity index (χ1n) is 9.44. The highest BCUT2D eigenvalue weighted by Gasteiger charge is 2.41. The van der Waals surface area contributed by atoms with E-state index < -0.39 is 0 Å². The molecule has 2 saturated carbocycles. The normalized spacial score (nSPS) is 32.9. The van der Waals surface area contributed by atoms with Gasteiger partial charge in [0.15, 0.2) is 0 Å². The Morgan fingerprint density at radius 3 is 2.71 bits per heavy atom. The number of piperidine rings is 1. The van der Waals surface area contributed by atoms with Crippen LogP contribution in [0.1, 0.15) is 44.1 Å². The smallest absolute Gasteiger partial charge is 0.224 e. The summed E-state index contributed by atoms with van der Waals surface area (Å²) in [5, 5.41) is 3.36. The van der Waals surface area contributed by atoms with E-state index in [1.165, 1.54) is 37.8 Å². The SMILES string of the molecule is O=C(NC1CC2CCC1C2)C1CCCN(Cc2ccc(F)cc2)C1. The molecule has 1 aromatic carbocycles. The molecular weight excluding hydrogens is 303 g/mol. The summed E-state index contributed by atoms with van der Waals surface area (Å²) in [4.78, 5) is 15.0. The van der Waals surface area contributed by atoms with Crippen LogP contribution in [0.5, 0.6) is 0 Å². The van der Waals surface area contributed by atoms with Crippen LogP contribution in [-0.4, -0.2) is 29.9 Å². The van der Waals surface area contributed by atoms with Crippen molar-refractivity contribution >= 4 is 5.91 Å². The van der Waals surface area contributed by atoms with Gasteiger partial charge in [-0.1, -0.05) is 18.6 Å². The average molecular weight is 330 g/mol. The molecule has 4 rings (SSSR count). The summed E-state index contributed by atoms with van der Waals surface area (Å²) in [5.74, 6) is 1.77. The molecule has 1 aromatic rings. The van der Waals surface area contributed by atoms with Gasteiger partial charge in [-0.05, 0) is 68.2 Å². The summed E-state index contributed by atoms with van der Waals surface area (Å²) in [5.41, 5.74) is 1.12. The summed E-state index contributed by atoms with van der Waals surface area (Å²) in [6, 6.07) is 7.14. The monoisotopic (exact) mass is 330 g/mol. The van der Waals surface area contributed by atoms with Crippen molar-refractivity contribution in [2.45, 2.75) is 51.1 Å². The van der Waals surface area contributed by atoms with Gasteiger partial charge >= 0.3 is 0 Å². The van der Waals surface area contributed by atoms with Crippen LogP contribution in [-0.2, 0) is 11.3 Å². The topological polar surface area (TPSA) is 32.3 Å². The molecule has 4 atom stereocenters. The van der Waals surface area contributed by atoms with Gasteiger partial charge in [0.05, 0.1) is 5.92 Å². The lowest BCUT2D eigenvalue weighted by molar-refractivity contribution is -0.127. The first-order chi connectivity index (χ1) is 11.7. The number of hydrogen-bond acceptors (Lipinski definition) is 2. The van der Waals surface area contributed by atoms with Crippen molar-refractivity contribution in [2.75, 3.05) is 13.1 Å². The number of rotatable bonds is 4. The minimum Gasteiger partial charge on any atom is -0.353 e. The number of amides is 1. The lowest BCUT2D eigenvalue weighted by atomic mass is 9.92. The highest BCUT2D eigenvalue weighted by molar-refractivity contribution is 5.79. The quantitative estimate of drug-likeness (QED) is 0.918. The van der Waals surface area contributed by atoms with E-state index in [4.69, 9.17) is 0 Å². The number of fused-ring (bicyclic) bond motifs is 2. The number of nitrogens with one attached hydrogen (secondary N) is 1. The van der Waals surface area contributed by atoms with E-state index in [2.05, 4.69) is 10.2 Å². The van der Waals surface area contributed by atoms with Crippen LogP contribution >= 0.6 is 0 Å². The minimum absolute atomic E-state index is 0.110. The van der Waals surface area contributed by atoms with Crippen LogP contribution in [0.25, 0.3) is 0 Å². The van der Waals surface area contributed by atoms with E-state index >= 15 is 0 Å². The van der Waals surface area contributed by atoms with Gasteiger partial charge in [0, 0.05) is 19.1 Å². The van der Waals surface area contributed by atoms with Gasteiger partial charge in [0.2, 0.25) is 5.91 Å². The maximum Gasteiger partial charge on any atom is 0.224 e. The van der Waals surface area contributed by atoms with Crippen molar-refractivity contribution in [3.8, 4) is 0 Å². The number of hydrogen-bond donors (Lipinski definition) is 1. The predicted molar refractivity (Wildman–Crippen MR) is 91.8 cm³/mol. The van der Waals surface area contributed by atoms with Crippen LogP contribution in [0, 0.1) is 23.6 Å². The second-order valence-electron chi connectivity index (χ2n) is 7.99. The summed E-state index contributed by atoms with van der Waals surface area (Å²) in [6.45, 7) is 2.65. The van der Waals surface area contributed by atoms with Crippen LogP contribution in [0.3, 0.4) is 0 Å². The molecule has 24 heavy (non-hydrogen) atoms. The Morgan fingerprint density at radius 2 is 2.00 bits per heavy atom. The molecule has 3 nitrogen and oxygen atoms in total. The van der Waals surface area contributed by atoms with Crippen molar-refractivity contribution < 1.29 is 9.18 Å². The van der Waals surface area contributed by atoms with Crippen molar-refractivity contribution in [1.82, 2.24) is 10.2 Å². The van der Waals surface area contributed by atoms with E-state index in [1.54, 1.807) is 0 Å². The van der Waals surface area contributed by atoms with Gasteiger partial charge in [-0.15, -0.1) is 0 Å². The summed E-state index contributed by atoms with van der Waals surface area (Å²) < 4.78 is 13.0. The van der Waals surface area contributed by atoms with E-state index in [0.717, 1.165) is 49.9 Å². The molecule has 4 heteroatoms. The molecule has 1 amide bonds. The number of carbonyl (C=O) groups is 1. The molecule has 0 spiro atoms. The Morgan fingerprint density at radius 1 is 1.17 bits per heavy atom. The zero-order valence-corrected chi connectivity index (χ0v) is 14.2. The highest BCUT2D eigenvalue weighted by atomic mass is 19.1. The van der Waals surface area contributed by atoms with Gasteiger partial charge < -0.3 is 5.32 Å². The van der Waals surface area contributed by atoms with Crippen LogP contribution in [0.4, 0.5) is 4.39 Å². The fourth-order valence-electron chi connectivity index (χ4n) is 4.98. The number of likely N-dealkylation sites (tertiary alicyclic amines) is 1. The van der Waals surface area contributed by atoms with E-state index in [0.29, 0.717) is 6.04 Å². The molecule has 3 aliphatic rings. The van der Waals surface area contributed by atoms with Crippen LogP contribution < -0.4 is 5.32 Å². The van der Waals surface area contributed by atoms with Crippen LogP contribution in [0.15, 0.2) is 24.3 Å². The molecule has 2 aliphatic carbocycles. The maximum atomic E-state index is 13.0. The first kappa shape index (κ1) is 16.1. The standard InChI is InChI=1S/C20H27FN2O/c21-18-7-4-14(5-8-18)12-23-9-1-2-17(13-23)20(24)22-19-11-15-3-6-16(19)10-15/h4-5,7-8,15-17,19H,1-3,6,9-13H2,(H,22,24). The van der Waals surface area contributed by atoms with Gasteiger partial charge in [0.1, 0.15) is 5.82 Å². The number of nitrogens with zero attached hydrogens (tertiary/aromatic N) is 1. The largest absolute Gasteiger partial charge is 0.353 e. The Kier molecular flexibility index (Phi) is 4.57. The van der Waals surface area contributed by atoms with E-state index in [-0.39, 0.29) is 17.6 Å². The Balaban J connectivity index is 1.31. The molecule has 4 unspecified atom stereocenters. The molecule has 3 fully saturated rings. The number of carbonyl (C=O) groups excluding carboxylic acids is 1. The summed E-state index contributed by atoms with van der Waals surface area (Å²) >= 11 is 0. The van der Waals surface area contributed by atoms with Crippen molar-refractivity contribution in [2.24, 2.45) is 17.8 Å². The van der Waals surface area contributed by atoms with E-state index in [9.17, 15) is 9.18 Å². The Hall–Kier alpha value is -1.42. The molecule has 1 saturated heterocycles. The number of halogens is 1. The van der Waals surface area contributed by atoms with Gasteiger partial charge in [0.25, 0.3) is 0 Å². The fraction of sp³-hybridized carbons (Fsp3) is 0.650. The Labute approximate surface area is 143 Å². The summed E-state index contributed by atoms with van der Waals surface area (Å²) in [7, 11) is 0. The predicted octanol–water partition coefficient (Wildman–Crippen LogP) is 3.34. The van der Waals surface area contributed by atoms with E-state index in [1.807, 2.05) is 12.1 Å². The first-order valence-corrected chi connectivity index (χ1v) is 9.44. The fourth-order valence-corrected chi connectivity index (χ4v) is 4.98. The second-order valence-corrected chi connectivity index (χ2v) is 7.99. The van der Waals surface area contributed by atoms with Gasteiger partial charge in [-0.2, -0.15) is 0 Å². The average Bonchev–Trinajstić information content (AvgIpc) is 3.20. The highest BCUT2D eigenvalue weighted by Crippen LogP contribution is 2.44. The number of benzene rings is 1. The zero-order valence-electron chi connectivity index (χ0n) is 14.2. The third kappa shape index (κ3) is 3.49. The van der Waals surface area contributed by atoms with Crippen molar-refractivity contribution in [1.29, 1.82) is 0 Å². The zero-order chi connectivity index (χ0) is 16.5. The molecular formula is C20H27FN2O. The third-order valence-electron chi connectivity index (χ3n) is 6.26. The third-order valence-corrected chi connectivity index (χ3v) is 6.26. The molecule has 130 valence electrons. The molecule has 0 radical (unpaired) electrons. The molecule has 1 aliphatic heterocycles. The summed E-state index contributed by atoms with van der Waals surface area (Å²) in [6.07, 6.45) is 7.25. The minimum atomic E-state index is -0.194. The van der Waals surface area contributed by atoms with Gasteiger partial charge in [-0.25, -0.2) is 4.39 Å².